The summed E-state index contributed by atoms with van der Waals surface area (Å²) < 4.78 is 4.29. The van der Waals surface area contributed by atoms with Gasteiger partial charge in [-0.3, -0.25) is 28.8 Å². The number of aromatic hydroxyl groups is 1. The van der Waals surface area contributed by atoms with Crippen LogP contribution in [0, 0.1) is 5.41 Å². The number of fused-ring (bicyclic) bond motifs is 1. The van der Waals surface area contributed by atoms with Gasteiger partial charge in [0.2, 0.25) is 11.3 Å². The van der Waals surface area contributed by atoms with E-state index < -0.39 is 56.7 Å². The highest BCUT2D eigenvalue weighted by molar-refractivity contribution is 9.10. The molecule has 5 atom stereocenters. The second kappa shape index (κ2) is 8.52. The fourth-order valence-corrected chi connectivity index (χ4v) is 7.59. The van der Waals surface area contributed by atoms with Gasteiger partial charge in [-0.1, -0.05) is 0 Å². The van der Waals surface area contributed by atoms with E-state index in [0.29, 0.717) is 0 Å². The molecule has 0 aliphatic carbocycles. The van der Waals surface area contributed by atoms with Crippen LogP contribution in [-0.2, 0) is 14.4 Å². The summed E-state index contributed by atoms with van der Waals surface area (Å²) in [5.41, 5.74) is -1.37. The van der Waals surface area contributed by atoms with Crippen molar-refractivity contribution >= 4 is 75.6 Å². The van der Waals surface area contributed by atoms with Gasteiger partial charge in [0.05, 0.1) is 21.5 Å². The summed E-state index contributed by atoms with van der Waals surface area (Å²) in [6, 6.07) is -0.930. The van der Waals surface area contributed by atoms with Gasteiger partial charge < -0.3 is 15.1 Å². The van der Waals surface area contributed by atoms with Gasteiger partial charge in [0, 0.05) is 25.4 Å². The number of aromatic nitrogens is 1. The number of nitrogens with one attached hydrogen (secondary N) is 1. The molecule has 178 valence electrons. The third-order valence-electron chi connectivity index (χ3n) is 5.98. The van der Waals surface area contributed by atoms with E-state index >= 15 is 0 Å². The highest BCUT2D eigenvalue weighted by atomic mass is 79.9. The second-order valence-corrected chi connectivity index (χ2v) is 11.3. The maximum absolute atomic E-state index is 13.2. The number of β-lactam (4-membered cyclic amide) rings is 1. The van der Waals surface area contributed by atoms with Crippen LogP contribution in [0.3, 0.4) is 0 Å². The lowest BCUT2D eigenvalue weighted by Crippen LogP contribution is -2.77. The molecule has 1 aromatic rings. The summed E-state index contributed by atoms with van der Waals surface area (Å²) in [7, 11) is 0. The minimum atomic E-state index is -1.38. The molecule has 2 amide bonds. The minimum Gasteiger partial charge on any atom is -0.503 e. The van der Waals surface area contributed by atoms with Crippen molar-refractivity contribution in [1.82, 2.24) is 14.3 Å². The van der Waals surface area contributed by atoms with E-state index in [-0.39, 0.29) is 16.8 Å². The molecule has 0 spiro atoms. The smallest absolute Gasteiger partial charge is 0.313 e. The molecule has 0 saturated carbocycles. The number of thiol groups is 1. The maximum atomic E-state index is 13.2. The number of carbonyl (C=O) groups is 3. The number of thioether (sulfide) groups is 1. The summed E-state index contributed by atoms with van der Waals surface area (Å²) in [4.78, 5) is 55.7. The number of carbonyl (C=O) groups excluding carboxylic acids is 2. The Labute approximate surface area is 210 Å². The molecule has 3 aliphatic rings. The lowest BCUT2D eigenvalue weighted by molar-refractivity contribution is -0.159. The highest BCUT2D eigenvalue weighted by Crippen LogP contribution is 2.49. The number of carboxylic acid groups (broad SMARTS) is 1. The number of halogens is 1. The SMILES string of the molecule is CC(=O)N(C1C(=O)N2CC(C(=O)O)(C(S)C3(C)N=CSN3)CS[C@H]12)n1cc(O)c(=O)c(Br)c1. The number of nitrogens with zero attached hydrogens (tertiary/aromatic N) is 4. The van der Waals surface area contributed by atoms with Crippen LogP contribution in [-0.4, -0.2) is 77.7 Å². The van der Waals surface area contributed by atoms with E-state index in [1.807, 2.05) is 0 Å². The Kier molecular flexibility index (Phi) is 6.31. The van der Waals surface area contributed by atoms with Gasteiger partial charge in [-0.05, 0) is 34.8 Å². The topological polar surface area (TPSA) is 145 Å². The molecule has 4 unspecified atom stereocenters. The number of hydrogen-bond donors (Lipinski definition) is 4. The first-order chi connectivity index (χ1) is 15.4. The normalized spacial score (nSPS) is 31.6. The quantitative estimate of drug-likeness (QED) is 0.222. The molecule has 2 fully saturated rings. The lowest BCUT2D eigenvalue weighted by atomic mass is 9.78. The van der Waals surface area contributed by atoms with Gasteiger partial charge in [0.1, 0.15) is 16.5 Å². The molecular formula is C18H20BrN5O6S3. The summed E-state index contributed by atoms with van der Waals surface area (Å²) in [6.07, 6.45) is 2.35. The van der Waals surface area contributed by atoms with Crippen molar-refractivity contribution in [2.45, 2.75) is 36.2 Å². The van der Waals surface area contributed by atoms with E-state index in [4.69, 9.17) is 0 Å². The van der Waals surface area contributed by atoms with E-state index in [2.05, 4.69) is 38.3 Å². The molecule has 3 aliphatic heterocycles. The van der Waals surface area contributed by atoms with Crippen molar-refractivity contribution in [2.75, 3.05) is 17.3 Å². The molecule has 0 radical (unpaired) electrons. The Hall–Kier alpha value is -1.68. The number of hydrogen-bond acceptors (Lipinski definition) is 10. The van der Waals surface area contributed by atoms with Gasteiger partial charge in [-0.25, -0.2) is 9.73 Å². The van der Waals surface area contributed by atoms with Crippen LogP contribution >= 0.6 is 52.3 Å². The zero-order valence-electron chi connectivity index (χ0n) is 17.3. The van der Waals surface area contributed by atoms with Crippen molar-refractivity contribution < 1.29 is 24.6 Å². The lowest BCUT2D eigenvalue weighted by Gasteiger charge is -2.57. The van der Waals surface area contributed by atoms with Crippen molar-refractivity contribution in [1.29, 1.82) is 0 Å². The number of aliphatic carboxylic acids is 1. The van der Waals surface area contributed by atoms with Crippen LogP contribution < -0.4 is 15.2 Å². The Morgan fingerprint density at radius 1 is 1.42 bits per heavy atom. The average Bonchev–Trinajstić information content (AvgIpc) is 3.21. The van der Waals surface area contributed by atoms with Gasteiger partial charge >= 0.3 is 5.97 Å². The van der Waals surface area contributed by atoms with Crippen molar-refractivity contribution in [3.05, 3.63) is 27.1 Å². The van der Waals surface area contributed by atoms with Crippen LogP contribution in [0.4, 0.5) is 0 Å². The Bertz CT molecular complexity index is 1110. The van der Waals surface area contributed by atoms with Crippen LogP contribution in [0.15, 0.2) is 26.7 Å². The molecule has 3 N–H and O–H groups in total. The van der Waals surface area contributed by atoms with E-state index in [1.54, 1.807) is 12.5 Å². The zero-order chi connectivity index (χ0) is 24.3. The fourth-order valence-electron chi connectivity index (χ4n) is 4.19. The third-order valence-corrected chi connectivity index (χ3v) is 9.82. The first kappa shape index (κ1) is 24.4. The van der Waals surface area contributed by atoms with Crippen LogP contribution in [0.25, 0.3) is 0 Å². The summed E-state index contributed by atoms with van der Waals surface area (Å²) in [5.74, 6) is -2.46. The van der Waals surface area contributed by atoms with Gasteiger partial charge in [0.15, 0.2) is 11.8 Å². The van der Waals surface area contributed by atoms with E-state index in [0.717, 1.165) is 11.2 Å². The van der Waals surface area contributed by atoms with Crippen molar-refractivity contribution in [3.63, 3.8) is 0 Å². The molecule has 4 rings (SSSR count). The monoisotopic (exact) mass is 577 g/mol. The minimum absolute atomic E-state index is 0.0206. The molecule has 4 heterocycles. The standard InChI is InChI=1S/C18H20BrN5O6S3/c1-8(25)24(22-3-9(19)12(27)10(26)4-22)11-13(28)23-5-18(16(29)30,6-32-14(11)23)15(31)17(2)20-7-33-21-17/h3-4,7,11,14-15,21,26,31H,5-6H2,1-2H3,(H,29,30)/t11?,14-,15?,17?,18?/m1/s1. The van der Waals surface area contributed by atoms with Crippen LogP contribution in [0.1, 0.15) is 13.8 Å². The first-order valence-electron chi connectivity index (χ1n) is 9.64. The van der Waals surface area contributed by atoms with Crippen LogP contribution in [0.5, 0.6) is 5.75 Å². The summed E-state index contributed by atoms with van der Waals surface area (Å²) in [6.45, 7) is 2.92. The number of amides is 2. The molecule has 2 saturated heterocycles. The van der Waals surface area contributed by atoms with Gasteiger partial charge in [0.25, 0.3) is 5.91 Å². The molecule has 15 heteroatoms. The summed E-state index contributed by atoms with van der Waals surface area (Å²) in [5, 5.41) is 20.0. The van der Waals surface area contributed by atoms with E-state index in [9.17, 15) is 29.4 Å². The van der Waals surface area contributed by atoms with Crippen molar-refractivity contribution in [3.8, 4) is 5.75 Å². The molecule has 11 nitrogen and oxygen atoms in total. The van der Waals surface area contributed by atoms with Gasteiger partial charge in [-0.2, -0.15) is 12.6 Å². The summed E-state index contributed by atoms with van der Waals surface area (Å²) >= 11 is 10.2. The largest absolute Gasteiger partial charge is 0.503 e. The first-order valence-corrected chi connectivity index (χ1v) is 12.9. The Morgan fingerprint density at radius 2 is 2.12 bits per heavy atom. The number of rotatable bonds is 5. The molecular weight excluding hydrogens is 558 g/mol. The van der Waals surface area contributed by atoms with Gasteiger partial charge in [-0.15, -0.1) is 11.8 Å². The highest BCUT2D eigenvalue weighted by Gasteiger charge is 2.63. The second-order valence-electron chi connectivity index (χ2n) is 8.14. The average molecular weight is 578 g/mol. The Balaban J connectivity index is 1.63. The Morgan fingerprint density at radius 3 is 2.67 bits per heavy atom. The maximum Gasteiger partial charge on any atom is 0.313 e. The van der Waals surface area contributed by atoms with E-state index in [1.165, 1.54) is 46.4 Å². The third kappa shape index (κ3) is 3.77. The predicted octanol–water partition coefficient (Wildman–Crippen LogP) is 0.450. The molecule has 0 aromatic carbocycles. The predicted molar refractivity (Wildman–Crippen MR) is 131 cm³/mol. The van der Waals surface area contributed by atoms with Crippen LogP contribution in [0.2, 0.25) is 0 Å². The van der Waals surface area contributed by atoms with Crippen molar-refractivity contribution in [2.24, 2.45) is 10.4 Å². The number of pyridine rings is 1. The molecule has 1 aromatic heterocycles. The molecule has 33 heavy (non-hydrogen) atoms. The number of aliphatic imine (C=N–C) groups is 1. The number of carboxylic acids is 1. The fraction of sp³-hybridized carbons (Fsp3) is 0.500. The molecule has 0 bridgehead atoms. The zero-order valence-corrected chi connectivity index (χ0v) is 21.4.